The molecular weight excluding hydrogens is 342 g/mol. The van der Waals surface area contributed by atoms with Gasteiger partial charge in [-0.15, -0.1) is 0 Å². The lowest BCUT2D eigenvalue weighted by atomic mass is 10.1. The standard InChI is InChI=1S/C21H23N3O3/c1-4-6-21(25)24-20-8-7-15(13-23-20)27-18-9-10-22-17-11-14(5-2)19(26-3)12-16(17)18/h7-13H,4-6H2,1-3H3,(H,23,24,25). The molecular formula is C21H23N3O3. The number of aromatic nitrogens is 2. The van der Waals surface area contributed by atoms with Gasteiger partial charge in [0.25, 0.3) is 0 Å². The van der Waals surface area contributed by atoms with Crippen LogP contribution < -0.4 is 14.8 Å². The van der Waals surface area contributed by atoms with Crippen LogP contribution in [0.1, 0.15) is 32.3 Å². The van der Waals surface area contributed by atoms with Crippen LogP contribution in [0.3, 0.4) is 0 Å². The number of carbonyl (C=O) groups is 1. The number of benzene rings is 1. The number of rotatable bonds is 7. The van der Waals surface area contributed by atoms with Gasteiger partial charge in [0.1, 0.15) is 23.1 Å². The molecule has 0 bridgehead atoms. The number of hydrogen-bond acceptors (Lipinski definition) is 5. The summed E-state index contributed by atoms with van der Waals surface area (Å²) in [5.41, 5.74) is 1.95. The van der Waals surface area contributed by atoms with Crippen LogP contribution in [0.5, 0.6) is 17.2 Å². The smallest absolute Gasteiger partial charge is 0.225 e. The van der Waals surface area contributed by atoms with Gasteiger partial charge >= 0.3 is 0 Å². The minimum atomic E-state index is -0.0439. The minimum Gasteiger partial charge on any atom is -0.496 e. The predicted octanol–water partition coefficient (Wildman–Crippen LogP) is 4.73. The van der Waals surface area contributed by atoms with Gasteiger partial charge in [0, 0.05) is 18.0 Å². The summed E-state index contributed by atoms with van der Waals surface area (Å²) in [6.45, 7) is 4.04. The highest BCUT2D eigenvalue weighted by molar-refractivity contribution is 5.89. The van der Waals surface area contributed by atoms with Crippen LogP contribution in [0, 0.1) is 0 Å². The van der Waals surface area contributed by atoms with Crippen LogP contribution in [-0.4, -0.2) is 23.0 Å². The molecule has 1 amide bonds. The number of fused-ring (bicyclic) bond motifs is 1. The number of ether oxygens (including phenoxy) is 2. The number of carbonyl (C=O) groups excluding carboxylic acids is 1. The van der Waals surface area contributed by atoms with Gasteiger partial charge < -0.3 is 14.8 Å². The molecule has 1 N–H and O–H groups in total. The Balaban J connectivity index is 1.85. The van der Waals surface area contributed by atoms with E-state index < -0.39 is 0 Å². The van der Waals surface area contributed by atoms with E-state index in [1.165, 1.54) is 0 Å². The molecule has 140 valence electrons. The normalized spacial score (nSPS) is 10.6. The van der Waals surface area contributed by atoms with Gasteiger partial charge in [0.2, 0.25) is 5.91 Å². The Hall–Kier alpha value is -3.15. The van der Waals surface area contributed by atoms with Crippen molar-refractivity contribution in [1.29, 1.82) is 0 Å². The van der Waals surface area contributed by atoms with Crippen molar-refractivity contribution in [2.75, 3.05) is 12.4 Å². The van der Waals surface area contributed by atoms with Crippen molar-refractivity contribution in [2.24, 2.45) is 0 Å². The molecule has 0 aliphatic heterocycles. The van der Waals surface area contributed by atoms with Crippen molar-refractivity contribution >= 4 is 22.6 Å². The number of nitrogens with one attached hydrogen (secondary N) is 1. The Morgan fingerprint density at radius 3 is 2.63 bits per heavy atom. The molecule has 1 aromatic carbocycles. The Labute approximate surface area is 158 Å². The Kier molecular flexibility index (Phi) is 5.86. The number of nitrogens with zero attached hydrogens (tertiary/aromatic N) is 2. The lowest BCUT2D eigenvalue weighted by Crippen LogP contribution is -2.11. The fourth-order valence-electron chi connectivity index (χ4n) is 2.82. The molecule has 0 atom stereocenters. The van der Waals surface area contributed by atoms with Gasteiger partial charge in [-0.2, -0.15) is 0 Å². The molecule has 3 aromatic rings. The quantitative estimate of drug-likeness (QED) is 0.655. The predicted molar refractivity (Wildman–Crippen MR) is 106 cm³/mol. The maximum atomic E-state index is 11.6. The second-order valence-electron chi connectivity index (χ2n) is 6.12. The highest BCUT2D eigenvalue weighted by Crippen LogP contribution is 2.33. The van der Waals surface area contributed by atoms with Crippen molar-refractivity contribution in [3.8, 4) is 17.2 Å². The highest BCUT2D eigenvalue weighted by Gasteiger charge is 2.10. The molecule has 27 heavy (non-hydrogen) atoms. The average Bonchev–Trinajstić information content (AvgIpc) is 2.68. The maximum Gasteiger partial charge on any atom is 0.225 e. The van der Waals surface area contributed by atoms with Crippen LogP contribution in [0.2, 0.25) is 0 Å². The highest BCUT2D eigenvalue weighted by atomic mass is 16.5. The second kappa shape index (κ2) is 8.49. The number of aryl methyl sites for hydroxylation is 1. The molecule has 2 aromatic heterocycles. The van der Waals surface area contributed by atoms with Crippen LogP contribution in [0.25, 0.3) is 10.9 Å². The molecule has 6 nitrogen and oxygen atoms in total. The molecule has 0 spiro atoms. The molecule has 0 unspecified atom stereocenters. The van der Waals surface area contributed by atoms with Crippen LogP contribution >= 0.6 is 0 Å². The number of hydrogen-bond donors (Lipinski definition) is 1. The first kappa shape index (κ1) is 18.6. The van der Waals surface area contributed by atoms with Crippen molar-refractivity contribution in [3.05, 3.63) is 48.3 Å². The van der Waals surface area contributed by atoms with E-state index in [2.05, 4.69) is 22.2 Å². The monoisotopic (exact) mass is 365 g/mol. The summed E-state index contributed by atoms with van der Waals surface area (Å²) >= 11 is 0. The van der Waals surface area contributed by atoms with E-state index in [4.69, 9.17) is 9.47 Å². The zero-order valence-corrected chi connectivity index (χ0v) is 15.8. The Bertz CT molecular complexity index is 939. The summed E-state index contributed by atoms with van der Waals surface area (Å²) in [4.78, 5) is 20.3. The first-order valence-corrected chi connectivity index (χ1v) is 9.04. The summed E-state index contributed by atoms with van der Waals surface area (Å²) in [6, 6.07) is 9.28. The SMILES string of the molecule is CCCC(=O)Nc1ccc(Oc2ccnc3cc(CC)c(OC)cc23)cn1. The van der Waals surface area contributed by atoms with Crippen LogP contribution in [-0.2, 0) is 11.2 Å². The molecule has 6 heteroatoms. The lowest BCUT2D eigenvalue weighted by molar-refractivity contribution is -0.116. The van der Waals surface area contributed by atoms with E-state index in [9.17, 15) is 4.79 Å². The van der Waals surface area contributed by atoms with E-state index >= 15 is 0 Å². The maximum absolute atomic E-state index is 11.6. The van der Waals surface area contributed by atoms with Gasteiger partial charge in [-0.25, -0.2) is 4.98 Å². The minimum absolute atomic E-state index is 0.0439. The van der Waals surface area contributed by atoms with Gasteiger partial charge in [0.15, 0.2) is 0 Å². The van der Waals surface area contributed by atoms with Crippen molar-refractivity contribution in [1.82, 2.24) is 9.97 Å². The van der Waals surface area contributed by atoms with E-state index in [1.807, 2.05) is 25.1 Å². The van der Waals surface area contributed by atoms with Crippen molar-refractivity contribution in [2.45, 2.75) is 33.1 Å². The third kappa shape index (κ3) is 4.34. The Morgan fingerprint density at radius 1 is 1.11 bits per heavy atom. The summed E-state index contributed by atoms with van der Waals surface area (Å²) in [5, 5.41) is 3.63. The third-order valence-corrected chi connectivity index (χ3v) is 4.19. The van der Waals surface area contributed by atoms with Gasteiger partial charge in [0.05, 0.1) is 18.8 Å². The average molecular weight is 365 g/mol. The largest absolute Gasteiger partial charge is 0.496 e. The third-order valence-electron chi connectivity index (χ3n) is 4.19. The zero-order valence-electron chi connectivity index (χ0n) is 15.8. The van der Waals surface area contributed by atoms with Gasteiger partial charge in [-0.3, -0.25) is 9.78 Å². The number of anilines is 1. The van der Waals surface area contributed by atoms with E-state index in [1.54, 1.807) is 31.6 Å². The summed E-state index contributed by atoms with van der Waals surface area (Å²) in [7, 11) is 1.66. The molecule has 0 radical (unpaired) electrons. The molecule has 0 fully saturated rings. The first-order chi connectivity index (χ1) is 13.1. The number of pyridine rings is 2. The topological polar surface area (TPSA) is 73.3 Å². The first-order valence-electron chi connectivity index (χ1n) is 9.04. The second-order valence-corrected chi connectivity index (χ2v) is 6.12. The van der Waals surface area contributed by atoms with Crippen LogP contribution in [0.4, 0.5) is 5.82 Å². The molecule has 0 saturated carbocycles. The number of methoxy groups -OCH3 is 1. The van der Waals surface area contributed by atoms with Crippen LogP contribution in [0.15, 0.2) is 42.7 Å². The van der Waals surface area contributed by atoms with E-state index in [0.717, 1.165) is 35.1 Å². The molecule has 0 aliphatic carbocycles. The molecule has 0 aliphatic rings. The molecule has 0 saturated heterocycles. The van der Waals surface area contributed by atoms with Crippen molar-refractivity contribution in [3.63, 3.8) is 0 Å². The fourth-order valence-corrected chi connectivity index (χ4v) is 2.82. The van der Waals surface area contributed by atoms with E-state index in [-0.39, 0.29) is 5.91 Å². The number of amides is 1. The summed E-state index contributed by atoms with van der Waals surface area (Å²) < 4.78 is 11.5. The van der Waals surface area contributed by atoms with Gasteiger partial charge in [-0.1, -0.05) is 13.8 Å². The van der Waals surface area contributed by atoms with Crippen molar-refractivity contribution < 1.29 is 14.3 Å². The van der Waals surface area contributed by atoms with Gasteiger partial charge in [-0.05, 0) is 48.7 Å². The summed E-state index contributed by atoms with van der Waals surface area (Å²) in [5.74, 6) is 2.53. The molecule has 3 rings (SSSR count). The van der Waals surface area contributed by atoms with E-state index in [0.29, 0.717) is 23.7 Å². The summed E-state index contributed by atoms with van der Waals surface area (Å²) in [6.07, 6.45) is 5.44. The fraction of sp³-hybridized carbons (Fsp3) is 0.286. The lowest BCUT2D eigenvalue weighted by Gasteiger charge is -2.12. The Morgan fingerprint density at radius 2 is 1.96 bits per heavy atom. The zero-order chi connectivity index (χ0) is 19.2. The molecule has 2 heterocycles.